The summed E-state index contributed by atoms with van der Waals surface area (Å²) in [6.07, 6.45) is 1.67. The highest BCUT2D eigenvalue weighted by Gasteiger charge is 2.18. The van der Waals surface area contributed by atoms with Gasteiger partial charge in [0.05, 0.1) is 0 Å². The zero-order chi connectivity index (χ0) is 14.3. The molecular formula is C13H19F3O2Si. The molecule has 0 bridgehead atoms. The molecule has 0 aromatic heterocycles. The predicted molar refractivity (Wildman–Crippen MR) is 69.7 cm³/mol. The third kappa shape index (κ3) is 5.34. The van der Waals surface area contributed by atoms with Crippen molar-refractivity contribution in [2.75, 3.05) is 13.2 Å². The second-order valence-electron chi connectivity index (χ2n) is 4.23. The molecule has 0 radical (unpaired) electrons. The second-order valence-corrected chi connectivity index (χ2v) is 6.17. The Kier molecular flexibility index (Phi) is 7.12. The van der Waals surface area contributed by atoms with Crippen molar-refractivity contribution >= 4 is 9.28 Å². The molecule has 0 aliphatic carbocycles. The standard InChI is InChI=1S/C13H19F3O2Si/c1-3-5-17-19(18-6-4-2)9-10-7-12(15)13(16)8-11(10)14/h7-8,19H,3-6,9H2,1-2H3. The summed E-state index contributed by atoms with van der Waals surface area (Å²) in [5.74, 6) is -2.98. The van der Waals surface area contributed by atoms with Gasteiger partial charge in [-0.15, -0.1) is 0 Å². The molecule has 1 rings (SSSR count). The van der Waals surface area contributed by atoms with Crippen LogP contribution in [0.4, 0.5) is 13.2 Å². The average Bonchev–Trinajstić information content (AvgIpc) is 2.38. The molecule has 0 unspecified atom stereocenters. The molecule has 108 valence electrons. The first kappa shape index (κ1) is 16.2. The van der Waals surface area contributed by atoms with Crippen LogP contribution in [0.2, 0.25) is 0 Å². The molecule has 19 heavy (non-hydrogen) atoms. The van der Waals surface area contributed by atoms with E-state index in [1.807, 2.05) is 13.8 Å². The van der Waals surface area contributed by atoms with Gasteiger partial charge in [0.2, 0.25) is 0 Å². The minimum Gasteiger partial charge on any atom is -0.396 e. The zero-order valence-corrected chi connectivity index (χ0v) is 12.4. The van der Waals surface area contributed by atoms with Crippen LogP contribution in [0, 0.1) is 17.5 Å². The van der Waals surface area contributed by atoms with E-state index in [9.17, 15) is 13.2 Å². The number of halogens is 3. The van der Waals surface area contributed by atoms with Gasteiger partial charge < -0.3 is 8.85 Å². The van der Waals surface area contributed by atoms with Crippen molar-refractivity contribution in [2.45, 2.75) is 32.7 Å². The van der Waals surface area contributed by atoms with Gasteiger partial charge in [-0.3, -0.25) is 0 Å². The Hall–Kier alpha value is -0.853. The van der Waals surface area contributed by atoms with Crippen molar-refractivity contribution < 1.29 is 22.0 Å². The molecule has 1 aromatic rings. The maximum absolute atomic E-state index is 13.5. The van der Waals surface area contributed by atoms with Gasteiger partial charge in [0.15, 0.2) is 11.6 Å². The normalized spacial score (nSPS) is 11.3. The van der Waals surface area contributed by atoms with Crippen LogP contribution in [0.25, 0.3) is 0 Å². The Morgan fingerprint density at radius 2 is 1.42 bits per heavy atom. The fraction of sp³-hybridized carbons (Fsp3) is 0.538. The molecule has 1 aromatic carbocycles. The molecule has 6 heteroatoms. The first-order chi connectivity index (χ1) is 9.08. The molecule has 0 spiro atoms. The van der Waals surface area contributed by atoms with Gasteiger partial charge in [-0.25, -0.2) is 13.2 Å². The van der Waals surface area contributed by atoms with Crippen LogP contribution in [0.3, 0.4) is 0 Å². The molecule has 0 amide bonds. The Bertz CT molecular complexity index is 394. The van der Waals surface area contributed by atoms with E-state index in [1.54, 1.807) is 0 Å². The summed E-state index contributed by atoms with van der Waals surface area (Å²) < 4.78 is 50.6. The maximum atomic E-state index is 13.5. The van der Waals surface area contributed by atoms with Crippen molar-refractivity contribution in [3.8, 4) is 0 Å². The van der Waals surface area contributed by atoms with Crippen LogP contribution in [0.15, 0.2) is 12.1 Å². The Morgan fingerprint density at radius 3 is 1.95 bits per heavy atom. The Morgan fingerprint density at radius 1 is 0.895 bits per heavy atom. The first-order valence-corrected chi connectivity index (χ1v) is 8.21. The van der Waals surface area contributed by atoms with E-state index in [2.05, 4.69) is 0 Å². The lowest BCUT2D eigenvalue weighted by molar-refractivity contribution is 0.195. The summed E-state index contributed by atoms with van der Waals surface area (Å²) in [7, 11) is -2.09. The highest BCUT2D eigenvalue weighted by molar-refractivity contribution is 6.43. The van der Waals surface area contributed by atoms with Crippen LogP contribution in [0.1, 0.15) is 32.3 Å². The molecule has 2 nitrogen and oxygen atoms in total. The van der Waals surface area contributed by atoms with E-state index in [1.165, 1.54) is 0 Å². The fourth-order valence-electron chi connectivity index (χ4n) is 1.56. The first-order valence-electron chi connectivity index (χ1n) is 6.45. The van der Waals surface area contributed by atoms with Crippen LogP contribution in [-0.4, -0.2) is 22.5 Å². The molecule has 0 heterocycles. The molecule has 0 aliphatic heterocycles. The number of rotatable bonds is 8. The van der Waals surface area contributed by atoms with E-state index < -0.39 is 26.7 Å². The van der Waals surface area contributed by atoms with Crippen molar-refractivity contribution in [2.24, 2.45) is 0 Å². The van der Waals surface area contributed by atoms with Crippen molar-refractivity contribution in [3.05, 3.63) is 35.1 Å². The van der Waals surface area contributed by atoms with E-state index in [0.717, 1.165) is 18.9 Å². The fourth-order valence-corrected chi connectivity index (χ4v) is 3.57. The monoisotopic (exact) mass is 292 g/mol. The molecule has 0 saturated heterocycles. The summed E-state index contributed by atoms with van der Waals surface area (Å²) in [6.45, 7) is 4.99. The van der Waals surface area contributed by atoms with Crippen molar-refractivity contribution in [1.29, 1.82) is 0 Å². The largest absolute Gasteiger partial charge is 0.396 e. The summed E-state index contributed by atoms with van der Waals surface area (Å²) in [5, 5.41) is 0. The summed E-state index contributed by atoms with van der Waals surface area (Å²) >= 11 is 0. The highest BCUT2D eigenvalue weighted by atomic mass is 28.3. The number of hydrogen-bond acceptors (Lipinski definition) is 2. The number of hydrogen-bond donors (Lipinski definition) is 0. The van der Waals surface area contributed by atoms with Gasteiger partial charge >= 0.3 is 9.28 Å². The van der Waals surface area contributed by atoms with E-state index >= 15 is 0 Å². The van der Waals surface area contributed by atoms with Gasteiger partial charge in [0.1, 0.15) is 5.82 Å². The molecular weight excluding hydrogens is 273 g/mol. The zero-order valence-electron chi connectivity index (χ0n) is 11.2. The SMILES string of the molecule is CCCO[SiH](Cc1cc(F)c(F)cc1F)OCCC. The summed E-state index contributed by atoms with van der Waals surface area (Å²) in [6, 6.07) is 1.65. The minimum atomic E-state index is -2.09. The van der Waals surface area contributed by atoms with E-state index in [0.29, 0.717) is 19.3 Å². The third-order valence-corrected chi connectivity index (χ3v) is 4.48. The van der Waals surface area contributed by atoms with Crippen LogP contribution >= 0.6 is 0 Å². The maximum Gasteiger partial charge on any atom is 0.326 e. The van der Waals surface area contributed by atoms with Gasteiger partial charge in [-0.05, 0) is 24.5 Å². The van der Waals surface area contributed by atoms with Gasteiger partial charge in [-0.1, -0.05) is 13.8 Å². The topological polar surface area (TPSA) is 18.5 Å². The van der Waals surface area contributed by atoms with Crippen molar-refractivity contribution in [1.82, 2.24) is 0 Å². The lowest BCUT2D eigenvalue weighted by Gasteiger charge is -2.16. The Labute approximate surface area is 113 Å². The van der Waals surface area contributed by atoms with Gasteiger partial charge in [0, 0.05) is 25.3 Å². The van der Waals surface area contributed by atoms with Gasteiger partial charge in [-0.2, -0.15) is 0 Å². The molecule has 0 atom stereocenters. The molecule has 0 N–H and O–H groups in total. The van der Waals surface area contributed by atoms with E-state index in [4.69, 9.17) is 8.85 Å². The summed E-state index contributed by atoms with van der Waals surface area (Å²) in [4.78, 5) is 0. The summed E-state index contributed by atoms with van der Waals surface area (Å²) in [5.41, 5.74) is 0.114. The van der Waals surface area contributed by atoms with Crippen LogP contribution in [0.5, 0.6) is 0 Å². The van der Waals surface area contributed by atoms with Crippen LogP contribution in [-0.2, 0) is 14.9 Å². The average molecular weight is 292 g/mol. The third-order valence-electron chi connectivity index (χ3n) is 2.49. The molecule has 0 fully saturated rings. The Balaban J connectivity index is 2.74. The lowest BCUT2D eigenvalue weighted by Crippen LogP contribution is -2.27. The number of benzene rings is 1. The second kappa shape index (κ2) is 8.34. The van der Waals surface area contributed by atoms with Crippen molar-refractivity contribution in [3.63, 3.8) is 0 Å². The smallest absolute Gasteiger partial charge is 0.326 e. The van der Waals surface area contributed by atoms with E-state index in [-0.39, 0.29) is 11.6 Å². The molecule has 0 saturated carbocycles. The highest BCUT2D eigenvalue weighted by Crippen LogP contribution is 2.16. The molecule has 0 aliphatic rings. The predicted octanol–water partition coefficient (Wildman–Crippen LogP) is 3.26. The minimum absolute atomic E-state index is 0.114. The quantitative estimate of drug-likeness (QED) is 0.541. The lowest BCUT2D eigenvalue weighted by atomic mass is 10.2. The van der Waals surface area contributed by atoms with Gasteiger partial charge in [0.25, 0.3) is 0 Å². The van der Waals surface area contributed by atoms with Crippen LogP contribution < -0.4 is 0 Å².